The van der Waals surface area contributed by atoms with Crippen LogP contribution in [-0.4, -0.2) is 18.3 Å². The van der Waals surface area contributed by atoms with Gasteiger partial charge >= 0.3 is 0 Å². The number of Topliss-reactive ketones (excluding diaryl/α,β-unsaturated/α-hetero) is 1. The van der Waals surface area contributed by atoms with E-state index >= 15 is 0 Å². The summed E-state index contributed by atoms with van der Waals surface area (Å²) in [6, 6.07) is 15.7. The number of hydrogen-bond donors (Lipinski definition) is 0. The van der Waals surface area contributed by atoms with E-state index < -0.39 is 0 Å². The van der Waals surface area contributed by atoms with E-state index in [0.29, 0.717) is 24.5 Å². The molecule has 0 aromatic heterocycles. The van der Waals surface area contributed by atoms with E-state index in [2.05, 4.69) is 6.92 Å². The molecule has 0 amide bonds. The first-order chi connectivity index (χ1) is 11.8. The van der Waals surface area contributed by atoms with E-state index in [9.17, 15) is 4.79 Å². The molecule has 2 aromatic carbocycles. The van der Waals surface area contributed by atoms with E-state index in [1.54, 1.807) is 0 Å². The molecule has 0 radical (unpaired) electrons. The van der Waals surface area contributed by atoms with Gasteiger partial charge in [0.15, 0.2) is 5.78 Å². The van der Waals surface area contributed by atoms with Gasteiger partial charge in [-0.15, -0.1) is 11.6 Å². The molecule has 0 heterocycles. The predicted octanol–water partition coefficient (Wildman–Crippen LogP) is 6.12. The highest BCUT2D eigenvalue weighted by Crippen LogP contribution is 2.31. The van der Waals surface area contributed by atoms with Gasteiger partial charge in [-0.25, -0.2) is 0 Å². The van der Waals surface area contributed by atoms with Crippen molar-refractivity contribution in [3.63, 3.8) is 0 Å². The summed E-state index contributed by atoms with van der Waals surface area (Å²) in [5, 5.41) is 0. The second kappa shape index (κ2) is 10.1. The average molecular weight is 345 g/mol. The topological polar surface area (TPSA) is 26.3 Å². The Kier molecular flexibility index (Phi) is 7.84. The van der Waals surface area contributed by atoms with E-state index in [4.69, 9.17) is 16.3 Å². The highest BCUT2D eigenvalue weighted by molar-refractivity contribution is 6.19. The van der Waals surface area contributed by atoms with Crippen LogP contribution in [0.1, 0.15) is 49.4 Å². The molecular formula is C21H25ClO2. The molecule has 128 valence electrons. The molecule has 0 N–H and O–H groups in total. The molecule has 2 rings (SSSR count). The van der Waals surface area contributed by atoms with Crippen molar-refractivity contribution in [2.45, 2.75) is 39.0 Å². The van der Waals surface area contributed by atoms with Crippen LogP contribution in [0, 0.1) is 0 Å². The number of ether oxygens (including phenoxy) is 1. The summed E-state index contributed by atoms with van der Waals surface area (Å²) in [6.07, 6.45) is 5.04. The molecule has 0 aliphatic carbocycles. The summed E-state index contributed by atoms with van der Waals surface area (Å²) in [4.78, 5) is 12.1. The second-order valence-corrected chi connectivity index (χ2v) is 6.23. The molecule has 0 saturated heterocycles. The van der Waals surface area contributed by atoms with Crippen LogP contribution >= 0.6 is 11.6 Å². The van der Waals surface area contributed by atoms with Crippen molar-refractivity contribution in [2.24, 2.45) is 0 Å². The molecule has 0 spiro atoms. The second-order valence-electron chi connectivity index (χ2n) is 5.85. The maximum Gasteiger partial charge on any atom is 0.164 e. The smallest absolute Gasteiger partial charge is 0.164 e. The van der Waals surface area contributed by atoms with Gasteiger partial charge in [-0.2, -0.15) is 0 Å². The van der Waals surface area contributed by atoms with Crippen LogP contribution in [0.15, 0.2) is 48.5 Å². The number of rotatable bonds is 10. The minimum absolute atomic E-state index is 0.0664. The van der Waals surface area contributed by atoms with Crippen molar-refractivity contribution in [1.29, 1.82) is 0 Å². The van der Waals surface area contributed by atoms with Gasteiger partial charge in [0.05, 0.1) is 6.61 Å². The molecule has 0 aliphatic heterocycles. The van der Waals surface area contributed by atoms with Gasteiger partial charge in [0, 0.05) is 23.4 Å². The van der Waals surface area contributed by atoms with Crippen molar-refractivity contribution in [3.05, 3.63) is 54.1 Å². The first-order valence-corrected chi connectivity index (χ1v) is 9.21. The van der Waals surface area contributed by atoms with Crippen LogP contribution in [-0.2, 0) is 0 Å². The maximum atomic E-state index is 12.1. The van der Waals surface area contributed by atoms with Crippen molar-refractivity contribution >= 4 is 17.4 Å². The summed E-state index contributed by atoms with van der Waals surface area (Å²) >= 11 is 5.70. The molecule has 0 atom stereocenters. The molecular weight excluding hydrogens is 320 g/mol. The van der Waals surface area contributed by atoms with Crippen molar-refractivity contribution in [3.8, 4) is 16.9 Å². The zero-order valence-electron chi connectivity index (χ0n) is 14.3. The molecule has 24 heavy (non-hydrogen) atoms. The molecule has 0 unspecified atom stereocenters. The lowest BCUT2D eigenvalue weighted by Crippen LogP contribution is -2.03. The molecule has 3 heteroatoms. The number of alkyl halides is 1. The maximum absolute atomic E-state index is 12.1. The predicted molar refractivity (Wildman–Crippen MR) is 101 cm³/mol. The lowest BCUT2D eigenvalue weighted by Gasteiger charge is -2.13. The molecule has 0 bridgehead atoms. The van der Waals surface area contributed by atoms with Gasteiger partial charge in [0.1, 0.15) is 5.75 Å². The fourth-order valence-corrected chi connectivity index (χ4v) is 2.79. The Morgan fingerprint density at radius 1 is 1.04 bits per heavy atom. The normalized spacial score (nSPS) is 10.6. The number of unbranched alkanes of at least 4 members (excludes halogenated alkanes) is 3. The fraction of sp³-hybridized carbons (Fsp3) is 0.381. The monoisotopic (exact) mass is 344 g/mol. The largest absolute Gasteiger partial charge is 0.493 e. The van der Waals surface area contributed by atoms with Gasteiger partial charge in [0.2, 0.25) is 0 Å². The van der Waals surface area contributed by atoms with Crippen LogP contribution in [0.2, 0.25) is 0 Å². The van der Waals surface area contributed by atoms with Crippen molar-refractivity contribution in [2.75, 3.05) is 12.5 Å². The summed E-state index contributed by atoms with van der Waals surface area (Å²) in [5.41, 5.74) is 2.71. The van der Waals surface area contributed by atoms with Gasteiger partial charge in [-0.3, -0.25) is 4.79 Å². The number of ketones is 1. The Hall–Kier alpha value is -1.80. The van der Waals surface area contributed by atoms with Gasteiger partial charge in [0.25, 0.3) is 0 Å². The van der Waals surface area contributed by atoms with E-state index in [-0.39, 0.29) is 5.78 Å². The molecule has 0 saturated carbocycles. The average Bonchev–Trinajstić information content (AvgIpc) is 2.62. The van der Waals surface area contributed by atoms with Crippen LogP contribution in [0.5, 0.6) is 5.75 Å². The fourth-order valence-electron chi connectivity index (χ4n) is 2.61. The summed E-state index contributed by atoms with van der Waals surface area (Å²) in [7, 11) is 0. The molecule has 0 aliphatic rings. The SMILES string of the molecule is CCCCCCOc1ccc(C(=O)CCCl)cc1-c1ccccc1. The Morgan fingerprint density at radius 2 is 1.83 bits per heavy atom. The minimum atomic E-state index is 0.0664. The Balaban J connectivity index is 2.20. The molecule has 2 nitrogen and oxygen atoms in total. The summed E-state index contributed by atoms with van der Waals surface area (Å²) < 4.78 is 6.00. The lowest BCUT2D eigenvalue weighted by atomic mass is 9.99. The Labute approximate surface area is 149 Å². The Morgan fingerprint density at radius 3 is 2.54 bits per heavy atom. The number of halogens is 1. The third-order valence-corrected chi connectivity index (χ3v) is 4.15. The number of benzene rings is 2. The summed E-state index contributed by atoms with van der Waals surface area (Å²) in [6.45, 7) is 2.90. The molecule has 2 aromatic rings. The molecule has 0 fully saturated rings. The Bertz CT molecular complexity index is 638. The highest BCUT2D eigenvalue weighted by atomic mass is 35.5. The van der Waals surface area contributed by atoms with Gasteiger partial charge < -0.3 is 4.74 Å². The highest BCUT2D eigenvalue weighted by Gasteiger charge is 2.12. The lowest BCUT2D eigenvalue weighted by molar-refractivity contribution is 0.0989. The number of carbonyl (C=O) groups excluding carboxylic acids is 1. The van der Waals surface area contributed by atoms with Crippen molar-refractivity contribution < 1.29 is 9.53 Å². The van der Waals surface area contributed by atoms with Crippen LogP contribution in [0.4, 0.5) is 0 Å². The van der Waals surface area contributed by atoms with Crippen LogP contribution < -0.4 is 4.74 Å². The van der Waals surface area contributed by atoms with E-state index in [1.807, 2.05) is 48.5 Å². The van der Waals surface area contributed by atoms with Crippen LogP contribution in [0.25, 0.3) is 11.1 Å². The zero-order valence-corrected chi connectivity index (χ0v) is 15.0. The number of carbonyl (C=O) groups is 1. The quantitative estimate of drug-likeness (QED) is 0.294. The van der Waals surface area contributed by atoms with Crippen molar-refractivity contribution in [1.82, 2.24) is 0 Å². The zero-order chi connectivity index (χ0) is 17.2. The third kappa shape index (κ3) is 5.38. The first-order valence-electron chi connectivity index (χ1n) is 8.67. The number of hydrogen-bond acceptors (Lipinski definition) is 2. The van der Waals surface area contributed by atoms with Gasteiger partial charge in [-0.05, 0) is 30.2 Å². The minimum Gasteiger partial charge on any atom is -0.493 e. The standard InChI is InChI=1S/C21H25ClO2/c1-2-3-4-8-15-24-21-12-11-18(20(23)13-14-22)16-19(21)17-9-6-5-7-10-17/h5-7,9-12,16H,2-4,8,13-15H2,1H3. The van der Waals surface area contributed by atoms with Gasteiger partial charge in [-0.1, -0.05) is 56.5 Å². The first kappa shape index (κ1) is 18.5. The van der Waals surface area contributed by atoms with E-state index in [0.717, 1.165) is 23.3 Å². The summed E-state index contributed by atoms with van der Waals surface area (Å²) in [5.74, 6) is 1.24. The van der Waals surface area contributed by atoms with E-state index in [1.165, 1.54) is 19.3 Å². The third-order valence-electron chi connectivity index (χ3n) is 3.96. The van der Waals surface area contributed by atoms with Crippen LogP contribution in [0.3, 0.4) is 0 Å².